The summed E-state index contributed by atoms with van der Waals surface area (Å²) >= 11 is 12.4. The third-order valence-corrected chi connectivity index (χ3v) is 6.65. The number of anilines is 1. The second-order valence-electron chi connectivity index (χ2n) is 9.36. The van der Waals surface area contributed by atoms with Crippen LogP contribution in [0.15, 0.2) is 59.7 Å². The summed E-state index contributed by atoms with van der Waals surface area (Å²) in [5.74, 6) is 0.768. The number of rotatable bonds is 6. The Morgan fingerprint density at radius 1 is 1.08 bits per heavy atom. The van der Waals surface area contributed by atoms with E-state index >= 15 is 0 Å². The van der Waals surface area contributed by atoms with Crippen molar-refractivity contribution >= 4 is 45.9 Å². The zero-order chi connectivity index (χ0) is 26.7. The van der Waals surface area contributed by atoms with Crippen LogP contribution in [0.3, 0.4) is 0 Å². The number of fused-ring (bicyclic) bond motifs is 1. The van der Waals surface area contributed by atoms with Gasteiger partial charge in [0.05, 0.1) is 12.2 Å². The highest BCUT2D eigenvalue weighted by molar-refractivity contribution is 6.33. The topological polar surface area (TPSA) is 73.3 Å². The van der Waals surface area contributed by atoms with Gasteiger partial charge in [0, 0.05) is 37.9 Å². The van der Waals surface area contributed by atoms with Gasteiger partial charge in [-0.15, -0.1) is 4.99 Å². The van der Waals surface area contributed by atoms with Crippen LogP contribution >= 0.6 is 23.2 Å². The molecule has 0 saturated carbocycles. The number of nitriles is 1. The van der Waals surface area contributed by atoms with Gasteiger partial charge >= 0.3 is 0 Å². The SMILES string of the molecule is Cc1cn(C)c2nc(CN(Cc3ccccc3)C(=NC#N)N(C)c3cc(Cl)nc(Cl)c3)cc(C(C)C)c12. The summed E-state index contributed by atoms with van der Waals surface area (Å²) < 4.78 is 2.07. The van der Waals surface area contributed by atoms with Crippen LogP contribution in [0.1, 0.15) is 42.1 Å². The number of pyridine rings is 2. The molecule has 190 valence electrons. The second-order valence-corrected chi connectivity index (χ2v) is 10.1. The number of hydrogen-bond acceptors (Lipinski definition) is 4. The molecule has 37 heavy (non-hydrogen) atoms. The quantitative estimate of drug-likeness (QED) is 0.119. The number of hydrogen-bond donors (Lipinski definition) is 0. The Labute approximate surface area is 227 Å². The van der Waals surface area contributed by atoms with Crippen molar-refractivity contribution in [1.82, 2.24) is 19.4 Å². The van der Waals surface area contributed by atoms with Crippen LogP contribution in [0.2, 0.25) is 10.3 Å². The molecule has 0 aliphatic rings. The van der Waals surface area contributed by atoms with Gasteiger partial charge in [-0.1, -0.05) is 67.4 Å². The zero-order valence-corrected chi connectivity index (χ0v) is 23.1. The summed E-state index contributed by atoms with van der Waals surface area (Å²) in [6.07, 6.45) is 4.08. The van der Waals surface area contributed by atoms with Gasteiger partial charge in [0.25, 0.3) is 0 Å². The Morgan fingerprint density at radius 2 is 1.76 bits per heavy atom. The maximum absolute atomic E-state index is 9.65. The highest BCUT2D eigenvalue weighted by Gasteiger charge is 2.22. The molecule has 0 saturated heterocycles. The summed E-state index contributed by atoms with van der Waals surface area (Å²) in [5.41, 5.74) is 6.03. The van der Waals surface area contributed by atoms with E-state index in [9.17, 15) is 5.26 Å². The van der Waals surface area contributed by atoms with Gasteiger partial charge in [-0.05, 0) is 47.7 Å². The normalized spacial score (nSPS) is 11.7. The average molecular weight is 534 g/mol. The van der Waals surface area contributed by atoms with Gasteiger partial charge < -0.3 is 14.4 Å². The Balaban J connectivity index is 1.82. The third-order valence-electron chi connectivity index (χ3n) is 6.26. The molecule has 1 aromatic carbocycles. The number of nitrogens with zero attached hydrogens (tertiary/aromatic N) is 7. The smallest absolute Gasteiger partial charge is 0.217 e. The van der Waals surface area contributed by atoms with E-state index < -0.39 is 0 Å². The molecule has 0 aliphatic heterocycles. The first-order valence-electron chi connectivity index (χ1n) is 12.0. The lowest BCUT2D eigenvalue weighted by molar-refractivity contribution is 0.394. The van der Waals surface area contributed by atoms with Crippen molar-refractivity contribution in [2.45, 2.75) is 39.8 Å². The summed E-state index contributed by atoms with van der Waals surface area (Å²) in [7, 11) is 3.85. The van der Waals surface area contributed by atoms with Gasteiger partial charge in [-0.25, -0.2) is 9.97 Å². The predicted octanol–water partition coefficient (Wildman–Crippen LogP) is 6.68. The van der Waals surface area contributed by atoms with E-state index in [1.807, 2.05) is 55.5 Å². The minimum atomic E-state index is 0.257. The van der Waals surface area contributed by atoms with Crippen LogP contribution < -0.4 is 4.90 Å². The van der Waals surface area contributed by atoms with E-state index in [0.717, 1.165) is 16.9 Å². The van der Waals surface area contributed by atoms with Crippen molar-refractivity contribution in [3.05, 3.63) is 87.4 Å². The summed E-state index contributed by atoms with van der Waals surface area (Å²) in [6, 6.07) is 15.6. The highest BCUT2D eigenvalue weighted by atomic mass is 35.5. The monoisotopic (exact) mass is 533 g/mol. The van der Waals surface area contributed by atoms with Crippen molar-refractivity contribution in [1.29, 1.82) is 5.26 Å². The second kappa shape index (κ2) is 11.2. The molecule has 4 aromatic rings. The van der Waals surface area contributed by atoms with E-state index in [1.54, 1.807) is 17.0 Å². The third kappa shape index (κ3) is 5.87. The molecule has 0 radical (unpaired) electrons. The molecule has 0 aliphatic carbocycles. The predicted molar refractivity (Wildman–Crippen MR) is 151 cm³/mol. The molecule has 7 nitrogen and oxygen atoms in total. The number of aliphatic imine (C=N–C) groups is 1. The number of halogens is 2. The van der Waals surface area contributed by atoms with Gasteiger partial charge in [-0.2, -0.15) is 5.26 Å². The lowest BCUT2D eigenvalue weighted by Gasteiger charge is -2.32. The molecule has 0 fully saturated rings. The van der Waals surface area contributed by atoms with Crippen LogP contribution in [0.5, 0.6) is 0 Å². The lowest BCUT2D eigenvalue weighted by atomic mass is 9.98. The highest BCUT2D eigenvalue weighted by Crippen LogP contribution is 2.30. The van der Waals surface area contributed by atoms with Crippen LogP contribution in [0, 0.1) is 18.4 Å². The van der Waals surface area contributed by atoms with Crippen LogP contribution in [-0.2, 0) is 20.1 Å². The molecular formula is C28H29Cl2N7. The zero-order valence-electron chi connectivity index (χ0n) is 21.6. The van der Waals surface area contributed by atoms with E-state index in [4.69, 9.17) is 28.2 Å². The molecule has 4 rings (SSSR count). The number of aromatic nitrogens is 3. The fourth-order valence-electron chi connectivity index (χ4n) is 4.58. The molecule has 0 spiro atoms. The molecule has 0 N–H and O–H groups in total. The minimum absolute atomic E-state index is 0.257. The molecular weight excluding hydrogens is 505 g/mol. The van der Waals surface area contributed by atoms with E-state index in [-0.39, 0.29) is 10.3 Å². The first-order valence-corrected chi connectivity index (χ1v) is 12.7. The number of aryl methyl sites for hydroxylation is 2. The number of benzene rings is 1. The van der Waals surface area contributed by atoms with Gasteiger partial charge in [-0.3, -0.25) is 0 Å². The molecule has 3 heterocycles. The largest absolute Gasteiger partial charge is 0.335 e. The fourth-order valence-corrected chi connectivity index (χ4v) is 5.03. The first kappa shape index (κ1) is 26.5. The van der Waals surface area contributed by atoms with E-state index in [2.05, 4.69) is 47.6 Å². The summed E-state index contributed by atoms with van der Waals surface area (Å²) in [6.45, 7) is 7.46. The maximum atomic E-state index is 9.65. The van der Waals surface area contributed by atoms with Crippen molar-refractivity contribution in [2.24, 2.45) is 12.0 Å². The Kier molecular flexibility index (Phi) is 8.01. The summed E-state index contributed by atoms with van der Waals surface area (Å²) in [4.78, 5) is 17.1. The first-order chi connectivity index (χ1) is 17.7. The van der Waals surface area contributed by atoms with Crippen LogP contribution in [0.25, 0.3) is 11.0 Å². The standard InChI is InChI=1S/C28H29Cl2N7/c1-18(2)23-11-21(33-27-26(23)19(3)14-35(27)4)16-37(15-20-9-7-6-8-10-20)28(32-17-31)36(5)22-12-24(29)34-25(30)13-22/h6-14,18H,15-16H2,1-5H3. The Bertz CT molecular complexity index is 1470. The average Bonchev–Trinajstić information content (AvgIpc) is 3.14. The van der Waals surface area contributed by atoms with Crippen LogP contribution in [0.4, 0.5) is 5.69 Å². The number of guanidine groups is 1. The van der Waals surface area contributed by atoms with Crippen molar-refractivity contribution in [3.63, 3.8) is 0 Å². The van der Waals surface area contributed by atoms with Gasteiger partial charge in [0.15, 0.2) is 0 Å². The molecule has 9 heteroatoms. The van der Waals surface area contributed by atoms with E-state index in [0.29, 0.717) is 30.7 Å². The molecule has 0 amide bonds. The molecule has 0 bridgehead atoms. The molecule has 0 atom stereocenters. The maximum Gasteiger partial charge on any atom is 0.217 e. The lowest BCUT2D eigenvalue weighted by Crippen LogP contribution is -2.42. The van der Waals surface area contributed by atoms with Gasteiger partial charge in [0.1, 0.15) is 16.0 Å². The van der Waals surface area contributed by atoms with Crippen molar-refractivity contribution in [2.75, 3.05) is 11.9 Å². The Morgan fingerprint density at radius 3 is 2.38 bits per heavy atom. The van der Waals surface area contributed by atoms with E-state index in [1.165, 1.54) is 16.5 Å². The Hall–Kier alpha value is -3.60. The van der Waals surface area contributed by atoms with Crippen LogP contribution in [-0.4, -0.2) is 32.4 Å². The molecule has 0 unspecified atom stereocenters. The minimum Gasteiger partial charge on any atom is -0.335 e. The molecule has 3 aromatic heterocycles. The van der Waals surface area contributed by atoms with Crippen molar-refractivity contribution in [3.8, 4) is 6.19 Å². The van der Waals surface area contributed by atoms with Gasteiger partial charge in [0.2, 0.25) is 12.2 Å². The fraction of sp³-hybridized carbons (Fsp3) is 0.286. The van der Waals surface area contributed by atoms with Crippen molar-refractivity contribution < 1.29 is 0 Å². The summed E-state index contributed by atoms with van der Waals surface area (Å²) in [5, 5.41) is 11.4.